The van der Waals surface area contributed by atoms with E-state index in [1.807, 2.05) is 24.3 Å². The minimum Gasteiger partial charge on any atom is -0.383 e. The maximum Gasteiger partial charge on any atom is 0.0637 e. The molecule has 0 aromatic heterocycles. The molecule has 2 rings (SSSR count). The van der Waals surface area contributed by atoms with Gasteiger partial charge in [-0.3, -0.25) is 0 Å². The van der Waals surface area contributed by atoms with Gasteiger partial charge in [0.05, 0.1) is 10.7 Å². The molecule has 0 spiro atoms. The van der Waals surface area contributed by atoms with Crippen molar-refractivity contribution in [3.8, 4) is 0 Å². The zero-order valence-corrected chi connectivity index (χ0v) is 12.8. The summed E-state index contributed by atoms with van der Waals surface area (Å²) >= 11 is 6.13. The van der Waals surface area contributed by atoms with Crippen LogP contribution in [0.2, 0.25) is 5.02 Å². The molecule has 0 bridgehead atoms. The second-order valence-corrected chi connectivity index (χ2v) is 6.22. The highest BCUT2D eigenvalue weighted by molar-refractivity contribution is 6.33. The Morgan fingerprint density at radius 3 is 2.84 bits per heavy atom. The summed E-state index contributed by atoms with van der Waals surface area (Å²) in [6.45, 7) is 4.40. The van der Waals surface area contributed by atoms with Crippen LogP contribution in [0.5, 0.6) is 0 Å². The number of para-hydroxylation sites is 1. The van der Waals surface area contributed by atoms with Crippen LogP contribution in [0.1, 0.15) is 32.6 Å². The second kappa shape index (κ2) is 7.16. The minimum absolute atomic E-state index is 0.761. The van der Waals surface area contributed by atoms with Gasteiger partial charge in [-0.25, -0.2) is 0 Å². The molecule has 3 heteroatoms. The molecule has 2 atom stereocenters. The lowest BCUT2D eigenvalue weighted by Gasteiger charge is -2.34. The molecule has 1 aliphatic rings. The number of halogens is 1. The Hall–Kier alpha value is -0.730. The zero-order chi connectivity index (χ0) is 13.7. The lowest BCUT2D eigenvalue weighted by atomic mass is 9.86. The summed E-state index contributed by atoms with van der Waals surface area (Å²) in [5.74, 6) is 0.887. The Morgan fingerprint density at radius 1 is 1.32 bits per heavy atom. The first-order valence-electron chi connectivity index (χ1n) is 7.35. The largest absolute Gasteiger partial charge is 0.383 e. The van der Waals surface area contributed by atoms with Crippen LogP contribution in [0.4, 0.5) is 5.69 Å². The van der Waals surface area contributed by atoms with Crippen LogP contribution in [0.3, 0.4) is 0 Å². The number of nitrogens with zero attached hydrogens (tertiary/aromatic N) is 1. The Kier molecular flexibility index (Phi) is 5.53. The highest BCUT2D eigenvalue weighted by atomic mass is 35.5. The standard InChI is InChI=1S/C16H25ClN2/c1-13-6-5-7-14(12-13)19(2)11-10-18-16-9-4-3-8-15(16)17/h3-4,8-9,13-14,18H,5-7,10-12H2,1-2H3. The van der Waals surface area contributed by atoms with Crippen molar-refractivity contribution in [2.24, 2.45) is 5.92 Å². The molecule has 1 fully saturated rings. The van der Waals surface area contributed by atoms with Gasteiger partial charge in [0.15, 0.2) is 0 Å². The Bertz CT molecular complexity index is 394. The number of rotatable bonds is 5. The van der Waals surface area contributed by atoms with Crippen molar-refractivity contribution in [1.82, 2.24) is 4.90 Å². The van der Waals surface area contributed by atoms with Gasteiger partial charge in [-0.15, -0.1) is 0 Å². The smallest absolute Gasteiger partial charge is 0.0637 e. The lowest BCUT2D eigenvalue weighted by molar-refractivity contribution is 0.169. The van der Waals surface area contributed by atoms with Crippen molar-refractivity contribution >= 4 is 17.3 Å². The van der Waals surface area contributed by atoms with E-state index in [-0.39, 0.29) is 0 Å². The number of hydrogen-bond acceptors (Lipinski definition) is 2. The van der Waals surface area contributed by atoms with E-state index < -0.39 is 0 Å². The van der Waals surface area contributed by atoms with Gasteiger partial charge in [0.1, 0.15) is 0 Å². The van der Waals surface area contributed by atoms with Crippen molar-refractivity contribution in [1.29, 1.82) is 0 Å². The van der Waals surface area contributed by atoms with Crippen molar-refractivity contribution in [2.75, 3.05) is 25.5 Å². The van der Waals surface area contributed by atoms with Crippen LogP contribution in [-0.2, 0) is 0 Å². The number of likely N-dealkylation sites (N-methyl/N-ethyl adjacent to an activating group) is 1. The number of benzene rings is 1. The summed E-state index contributed by atoms with van der Waals surface area (Å²) in [7, 11) is 2.25. The molecule has 0 heterocycles. The van der Waals surface area contributed by atoms with Crippen LogP contribution in [0.15, 0.2) is 24.3 Å². The fourth-order valence-corrected chi connectivity index (χ4v) is 3.16. The lowest BCUT2D eigenvalue weighted by Crippen LogP contribution is -2.38. The molecule has 0 aliphatic heterocycles. The average molecular weight is 281 g/mol. The van der Waals surface area contributed by atoms with Gasteiger partial charge in [0.25, 0.3) is 0 Å². The summed E-state index contributed by atoms with van der Waals surface area (Å²) in [6, 6.07) is 8.70. The highest BCUT2D eigenvalue weighted by Gasteiger charge is 2.21. The number of anilines is 1. The number of nitrogens with one attached hydrogen (secondary N) is 1. The SMILES string of the molecule is CC1CCCC(N(C)CCNc2ccccc2Cl)C1. The normalized spacial score (nSPS) is 23.6. The van der Waals surface area contributed by atoms with Crippen LogP contribution in [-0.4, -0.2) is 31.1 Å². The Balaban J connectivity index is 1.74. The summed E-state index contributed by atoms with van der Waals surface area (Å²) in [4.78, 5) is 2.50. The average Bonchev–Trinajstić information content (AvgIpc) is 2.41. The molecular formula is C16H25ClN2. The maximum absolute atomic E-state index is 6.13. The predicted octanol–water partition coefficient (Wildman–Crippen LogP) is 4.26. The first kappa shape index (κ1) is 14.7. The summed E-state index contributed by atoms with van der Waals surface area (Å²) < 4.78 is 0. The van der Waals surface area contributed by atoms with E-state index in [1.54, 1.807) is 0 Å². The predicted molar refractivity (Wildman–Crippen MR) is 84.0 cm³/mol. The molecule has 2 unspecified atom stereocenters. The first-order valence-corrected chi connectivity index (χ1v) is 7.73. The van der Waals surface area contributed by atoms with Crippen LogP contribution >= 0.6 is 11.6 Å². The fourth-order valence-electron chi connectivity index (χ4n) is 2.96. The van der Waals surface area contributed by atoms with Crippen LogP contribution < -0.4 is 5.32 Å². The third-order valence-corrected chi connectivity index (χ3v) is 4.52. The van der Waals surface area contributed by atoms with Crippen LogP contribution in [0.25, 0.3) is 0 Å². The topological polar surface area (TPSA) is 15.3 Å². The summed E-state index contributed by atoms with van der Waals surface area (Å²) in [5.41, 5.74) is 1.04. The maximum atomic E-state index is 6.13. The van der Waals surface area contributed by atoms with Crippen molar-refractivity contribution in [3.63, 3.8) is 0 Å². The first-order chi connectivity index (χ1) is 9.16. The molecule has 1 aliphatic carbocycles. The molecule has 19 heavy (non-hydrogen) atoms. The molecule has 1 N–H and O–H groups in total. The molecule has 2 nitrogen and oxygen atoms in total. The van der Waals surface area contributed by atoms with E-state index in [0.29, 0.717) is 0 Å². The molecule has 106 valence electrons. The van der Waals surface area contributed by atoms with E-state index in [4.69, 9.17) is 11.6 Å². The minimum atomic E-state index is 0.761. The van der Waals surface area contributed by atoms with Gasteiger partial charge in [0.2, 0.25) is 0 Å². The molecule has 1 aromatic carbocycles. The molecule has 0 saturated heterocycles. The summed E-state index contributed by atoms with van der Waals surface area (Å²) in [5, 5.41) is 4.22. The van der Waals surface area contributed by atoms with Crippen molar-refractivity contribution in [3.05, 3.63) is 29.3 Å². The van der Waals surface area contributed by atoms with E-state index in [1.165, 1.54) is 25.7 Å². The quantitative estimate of drug-likeness (QED) is 0.867. The van der Waals surface area contributed by atoms with E-state index in [2.05, 4.69) is 24.2 Å². The molecular weight excluding hydrogens is 256 g/mol. The molecule has 0 amide bonds. The van der Waals surface area contributed by atoms with E-state index in [0.717, 1.165) is 35.8 Å². The van der Waals surface area contributed by atoms with Gasteiger partial charge in [-0.1, -0.05) is 43.5 Å². The zero-order valence-electron chi connectivity index (χ0n) is 12.0. The third-order valence-electron chi connectivity index (χ3n) is 4.19. The highest BCUT2D eigenvalue weighted by Crippen LogP contribution is 2.26. The van der Waals surface area contributed by atoms with Gasteiger partial charge in [-0.2, -0.15) is 0 Å². The van der Waals surface area contributed by atoms with Gasteiger partial charge in [0, 0.05) is 19.1 Å². The molecule has 1 saturated carbocycles. The Morgan fingerprint density at radius 2 is 2.11 bits per heavy atom. The Labute approximate surface area is 122 Å². The summed E-state index contributed by atoms with van der Waals surface area (Å²) in [6.07, 6.45) is 5.49. The van der Waals surface area contributed by atoms with Gasteiger partial charge in [-0.05, 0) is 37.9 Å². The second-order valence-electron chi connectivity index (χ2n) is 5.81. The van der Waals surface area contributed by atoms with Gasteiger partial charge >= 0.3 is 0 Å². The monoisotopic (exact) mass is 280 g/mol. The number of hydrogen-bond donors (Lipinski definition) is 1. The van der Waals surface area contributed by atoms with E-state index in [9.17, 15) is 0 Å². The fraction of sp³-hybridized carbons (Fsp3) is 0.625. The van der Waals surface area contributed by atoms with E-state index >= 15 is 0 Å². The van der Waals surface area contributed by atoms with Crippen molar-refractivity contribution < 1.29 is 0 Å². The third kappa shape index (κ3) is 4.39. The van der Waals surface area contributed by atoms with Crippen molar-refractivity contribution in [2.45, 2.75) is 38.6 Å². The molecule has 0 radical (unpaired) electrons. The van der Waals surface area contributed by atoms with Gasteiger partial charge < -0.3 is 10.2 Å². The van der Waals surface area contributed by atoms with Crippen LogP contribution in [0, 0.1) is 5.92 Å². The molecule has 1 aromatic rings.